The highest BCUT2D eigenvalue weighted by Gasteiger charge is 2.19. The molecule has 2 aromatic carbocycles. The minimum Gasteiger partial charge on any atom is -0.454 e. The van der Waals surface area contributed by atoms with Crippen LogP contribution in [0.2, 0.25) is 0 Å². The van der Waals surface area contributed by atoms with E-state index >= 15 is 0 Å². The third-order valence-electron chi connectivity index (χ3n) is 3.68. The summed E-state index contributed by atoms with van der Waals surface area (Å²) < 4.78 is 46.3. The van der Waals surface area contributed by atoms with E-state index in [1.807, 2.05) is 18.2 Å². The van der Waals surface area contributed by atoms with Gasteiger partial charge >= 0.3 is 0 Å². The van der Waals surface area contributed by atoms with Crippen LogP contribution >= 0.6 is 11.7 Å². The summed E-state index contributed by atoms with van der Waals surface area (Å²) in [6.45, 7) is 0.493. The van der Waals surface area contributed by atoms with Crippen molar-refractivity contribution >= 4 is 32.8 Å². The third kappa shape index (κ3) is 2.81. The molecule has 0 bridgehead atoms. The van der Waals surface area contributed by atoms with Gasteiger partial charge in [0.05, 0.1) is 11.7 Å². The molecule has 1 aliphatic rings. The number of nitrogens with zero attached hydrogens (tertiary/aromatic N) is 2. The summed E-state index contributed by atoms with van der Waals surface area (Å²) in [4.78, 5) is 0.152. The van der Waals surface area contributed by atoms with E-state index in [0.717, 1.165) is 17.3 Å². The van der Waals surface area contributed by atoms with Crippen molar-refractivity contribution in [3.05, 3.63) is 42.0 Å². The Labute approximate surface area is 142 Å². The predicted molar refractivity (Wildman–Crippen MR) is 88.9 cm³/mol. The molecule has 124 valence electrons. The zero-order chi connectivity index (χ0) is 16.6. The number of benzene rings is 2. The highest BCUT2D eigenvalue weighted by atomic mass is 32.2. The fourth-order valence-electron chi connectivity index (χ4n) is 2.50. The second-order valence-electron chi connectivity index (χ2n) is 5.22. The summed E-state index contributed by atoms with van der Waals surface area (Å²) in [5, 5.41) is 0. The lowest BCUT2D eigenvalue weighted by Gasteiger charge is -2.07. The zero-order valence-corrected chi connectivity index (χ0v) is 14.1. The summed E-state index contributed by atoms with van der Waals surface area (Å²) in [6.07, 6.45) is 0.543. The second-order valence-corrected chi connectivity index (χ2v) is 7.49. The molecule has 1 aromatic heterocycles. The summed E-state index contributed by atoms with van der Waals surface area (Å²) in [6, 6.07) is 10.5. The Morgan fingerprint density at radius 1 is 1.12 bits per heavy atom. The summed E-state index contributed by atoms with van der Waals surface area (Å²) in [5.41, 5.74) is 1.95. The number of sulfonamides is 1. The molecule has 0 unspecified atom stereocenters. The number of aromatic nitrogens is 2. The number of nitrogens with one attached hydrogen (secondary N) is 1. The van der Waals surface area contributed by atoms with Crippen molar-refractivity contribution in [2.24, 2.45) is 0 Å². The van der Waals surface area contributed by atoms with Gasteiger partial charge in [-0.3, -0.25) is 0 Å². The Hall–Kier alpha value is -2.23. The number of hydrogen-bond donors (Lipinski definition) is 1. The molecule has 0 atom stereocenters. The topological polar surface area (TPSA) is 90.4 Å². The number of rotatable bonds is 5. The van der Waals surface area contributed by atoms with Crippen LogP contribution in [0.25, 0.3) is 11.0 Å². The first-order chi connectivity index (χ1) is 11.6. The van der Waals surface area contributed by atoms with Crippen molar-refractivity contribution in [2.75, 3.05) is 13.3 Å². The Balaban J connectivity index is 1.48. The van der Waals surface area contributed by atoms with E-state index in [9.17, 15) is 8.42 Å². The van der Waals surface area contributed by atoms with Crippen molar-refractivity contribution in [3.63, 3.8) is 0 Å². The van der Waals surface area contributed by atoms with E-state index in [4.69, 9.17) is 9.47 Å². The van der Waals surface area contributed by atoms with Gasteiger partial charge in [0.15, 0.2) is 11.5 Å². The fourth-order valence-corrected chi connectivity index (χ4v) is 4.30. The summed E-state index contributed by atoms with van der Waals surface area (Å²) in [5.74, 6) is 1.40. The van der Waals surface area contributed by atoms with Crippen LogP contribution in [0.3, 0.4) is 0 Å². The Kier molecular flexibility index (Phi) is 3.83. The molecule has 7 nitrogen and oxygen atoms in total. The highest BCUT2D eigenvalue weighted by molar-refractivity contribution is 7.89. The molecule has 0 amide bonds. The maximum absolute atomic E-state index is 12.5. The average Bonchev–Trinajstić information content (AvgIpc) is 3.22. The molecular weight excluding hydrogens is 350 g/mol. The number of hydrogen-bond acceptors (Lipinski definition) is 7. The van der Waals surface area contributed by atoms with Gasteiger partial charge in [0.1, 0.15) is 15.9 Å². The molecule has 0 aliphatic carbocycles. The zero-order valence-electron chi connectivity index (χ0n) is 12.4. The van der Waals surface area contributed by atoms with Crippen molar-refractivity contribution in [1.29, 1.82) is 0 Å². The number of fused-ring (bicyclic) bond motifs is 2. The molecule has 1 N–H and O–H groups in total. The van der Waals surface area contributed by atoms with Crippen LogP contribution in [-0.2, 0) is 16.4 Å². The average molecular weight is 363 g/mol. The van der Waals surface area contributed by atoms with Crippen LogP contribution in [0.15, 0.2) is 41.3 Å². The molecule has 0 spiro atoms. The molecule has 0 fully saturated rings. The Bertz CT molecular complexity index is 1000. The van der Waals surface area contributed by atoms with Gasteiger partial charge in [0.25, 0.3) is 0 Å². The maximum atomic E-state index is 12.5. The standard InChI is InChI=1S/C15H13N3O4S2/c19-24(20,14-3-1-2-11-15(14)18-23-17-11)16-7-6-10-4-5-12-13(8-10)22-9-21-12/h1-5,8,16H,6-7,9H2. The molecule has 4 rings (SSSR count). The third-order valence-corrected chi connectivity index (χ3v) is 5.72. The van der Waals surface area contributed by atoms with Crippen LogP contribution in [0.4, 0.5) is 0 Å². The lowest BCUT2D eigenvalue weighted by molar-refractivity contribution is 0.174. The first kappa shape index (κ1) is 15.3. The highest BCUT2D eigenvalue weighted by Crippen LogP contribution is 2.32. The van der Waals surface area contributed by atoms with Gasteiger partial charge in [-0.05, 0) is 36.2 Å². The maximum Gasteiger partial charge on any atom is 0.242 e. The normalized spacial score (nSPS) is 13.5. The van der Waals surface area contributed by atoms with E-state index < -0.39 is 10.0 Å². The fraction of sp³-hybridized carbons (Fsp3) is 0.200. The van der Waals surface area contributed by atoms with Gasteiger partial charge in [0.2, 0.25) is 16.8 Å². The molecule has 24 heavy (non-hydrogen) atoms. The molecule has 1 aliphatic heterocycles. The molecule has 0 radical (unpaired) electrons. The molecule has 3 aromatic rings. The van der Waals surface area contributed by atoms with Crippen molar-refractivity contribution in [2.45, 2.75) is 11.3 Å². The van der Waals surface area contributed by atoms with Crippen LogP contribution in [0.5, 0.6) is 11.5 Å². The first-order valence-corrected chi connectivity index (χ1v) is 9.44. The van der Waals surface area contributed by atoms with E-state index in [1.54, 1.807) is 12.1 Å². The predicted octanol–water partition coefficient (Wildman–Crippen LogP) is 1.94. The minimum atomic E-state index is -3.64. The van der Waals surface area contributed by atoms with E-state index in [0.29, 0.717) is 29.0 Å². The Morgan fingerprint density at radius 2 is 2.00 bits per heavy atom. The molecule has 9 heteroatoms. The monoisotopic (exact) mass is 363 g/mol. The van der Waals surface area contributed by atoms with Crippen molar-refractivity contribution in [1.82, 2.24) is 13.5 Å². The molecule has 0 saturated carbocycles. The van der Waals surface area contributed by atoms with Gasteiger partial charge < -0.3 is 9.47 Å². The van der Waals surface area contributed by atoms with Gasteiger partial charge in [-0.2, -0.15) is 8.75 Å². The molecule has 2 heterocycles. The van der Waals surface area contributed by atoms with Crippen molar-refractivity contribution < 1.29 is 17.9 Å². The Morgan fingerprint density at radius 3 is 2.92 bits per heavy atom. The second kappa shape index (κ2) is 6.00. The molecule has 0 saturated heterocycles. The van der Waals surface area contributed by atoms with Gasteiger partial charge in [-0.15, -0.1) is 0 Å². The lowest BCUT2D eigenvalue weighted by atomic mass is 10.1. The quantitative estimate of drug-likeness (QED) is 0.745. The smallest absolute Gasteiger partial charge is 0.242 e. The van der Waals surface area contributed by atoms with Crippen LogP contribution < -0.4 is 14.2 Å². The van der Waals surface area contributed by atoms with Crippen LogP contribution in [0, 0.1) is 0 Å². The van der Waals surface area contributed by atoms with E-state index in [2.05, 4.69) is 13.5 Å². The molecular formula is C15H13N3O4S2. The first-order valence-electron chi connectivity index (χ1n) is 7.23. The van der Waals surface area contributed by atoms with Crippen LogP contribution in [0.1, 0.15) is 5.56 Å². The summed E-state index contributed by atoms with van der Waals surface area (Å²) in [7, 11) is -3.64. The van der Waals surface area contributed by atoms with E-state index in [1.165, 1.54) is 6.07 Å². The van der Waals surface area contributed by atoms with Crippen molar-refractivity contribution in [3.8, 4) is 11.5 Å². The van der Waals surface area contributed by atoms with Crippen LogP contribution in [-0.4, -0.2) is 30.5 Å². The minimum absolute atomic E-state index is 0.152. The van der Waals surface area contributed by atoms with Gasteiger partial charge in [-0.1, -0.05) is 12.1 Å². The SMILES string of the molecule is O=S(=O)(NCCc1ccc2c(c1)OCO2)c1cccc2nsnc12. The summed E-state index contributed by atoms with van der Waals surface area (Å²) >= 11 is 0.997. The van der Waals surface area contributed by atoms with Gasteiger partial charge in [0, 0.05) is 6.54 Å². The van der Waals surface area contributed by atoms with Gasteiger partial charge in [-0.25, -0.2) is 13.1 Å². The number of ether oxygens (including phenoxy) is 2. The lowest BCUT2D eigenvalue weighted by Crippen LogP contribution is -2.26. The largest absolute Gasteiger partial charge is 0.454 e. The van der Waals surface area contributed by atoms with E-state index in [-0.39, 0.29) is 18.2 Å².